The number of hydrogen-bond acceptors (Lipinski definition) is 3. The zero-order valence-electron chi connectivity index (χ0n) is 10.8. The summed E-state index contributed by atoms with van der Waals surface area (Å²) in [5.74, 6) is 0. The third kappa shape index (κ3) is 2.76. The summed E-state index contributed by atoms with van der Waals surface area (Å²) in [5, 5.41) is 3.54. The summed E-state index contributed by atoms with van der Waals surface area (Å²) >= 11 is 0. The Labute approximate surface area is 99.5 Å². The zero-order valence-corrected chi connectivity index (χ0v) is 10.8. The number of nitrogens with zero attached hydrogens (tertiary/aromatic N) is 1. The summed E-state index contributed by atoms with van der Waals surface area (Å²) in [6.07, 6.45) is 4.02. The average Bonchev–Trinajstić information content (AvgIpc) is 2.71. The molecule has 2 heterocycles. The van der Waals surface area contributed by atoms with E-state index in [0.29, 0.717) is 11.5 Å². The molecule has 0 aromatic carbocycles. The van der Waals surface area contributed by atoms with Crippen LogP contribution in [-0.4, -0.2) is 50.3 Å². The van der Waals surface area contributed by atoms with Crippen LogP contribution in [0.4, 0.5) is 0 Å². The van der Waals surface area contributed by atoms with E-state index in [2.05, 4.69) is 24.1 Å². The third-order valence-electron chi connectivity index (χ3n) is 4.16. The molecule has 0 aliphatic carbocycles. The van der Waals surface area contributed by atoms with Crippen molar-refractivity contribution in [2.75, 3.05) is 39.4 Å². The predicted molar refractivity (Wildman–Crippen MR) is 66.7 cm³/mol. The fraction of sp³-hybridized carbons (Fsp3) is 1.00. The van der Waals surface area contributed by atoms with Gasteiger partial charge < -0.3 is 10.1 Å². The topological polar surface area (TPSA) is 24.5 Å². The van der Waals surface area contributed by atoms with Crippen LogP contribution >= 0.6 is 0 Å². The molecule has 3 nitrogen and oxygen atoms in total. The van der Waals surface area contributed by atoms with E-state index >= 15 is 0 Å². The van der Waals surface area contributed by atoms with Gasteiger partial charge in [0.2, 0.25) is 0 Å². The summed E-state index contributed by atoms with van der Waals surface area (Å²) in [6, 6.07) is 0.600. The largest absolute Gasteiger partial charge is 0.379 e. The molecule has 0 amide bonds. The highest BCUT2D eigenvalue weighted by Crippen LogP contribution is 2.32. The molecular formula is C13H26N2O. The molecule has 16 heavy (non-hydrogen) atoms. The Morgan fingerprint density at radius 1 is 1.50 bits per heavy atom. The maximum atomic E-state index is 5.51. The molecule has 1 N–H and O–H groups in total. The van der Waals surface area contributed by atoms with Gasteiger partial charge in [-0.3, -0.25) is 4.90 Å². The highest BCUT2D eigenvalue weighted by atomic mass is 16.5. The molecule has 0 saturated carbocycles. The van der Waals surface area contributed by atoms with Gasteiger partial charge in [0.05, 0.1) is 13.2 Å². The van der Waals surface area contributed by atoms with E-state index in [1.807, 2.05) is 0 Å². The van der Waals surface area contributed by atoms with Crippen molar-refractivity contribution >= 4 is 0 Å². The van der Waals surface area contributed by atoms with E-state index in [9.17, 15) is 0 Å². The third-order valence-corrected chi connectivity index (χ3v) is 4.16. The molecule has 2 atom stereocenters. The molecule has 2 unspecified atom stereocenters. The quantitative estimate of drug-likeness (QED) is 0.786. The van der Waals surface area contributed by atoms with Gasteiger partial charge in [0.1, 0.15) is 0 Å². The van der Waals surface area contributed by atoms with Crippen LogP contribution < -0.4 is 5.32 Å². The fourth-order valence-corrected chi connectivity index (χ4v) is 3.18. The molecule has 2 fully saturated rings. The van der Waals surface area contributed by atoms with Gasteiger partial charge in [-0.25, -0.2) is 0 Å². The molecule has 0 aromatic heterocycles. The first kappa shape index (κ1) is 12.3. The SMILES string of the molecule is CCCC1(CN2CCOCC2C)CCNC1. The van der Waals surface area contributed by atoms with Gasteiger partial charge in [-0.15, -0.1) is 0 Å². The van der Waals surface area contributed by atoms with E-state index in [0.717, 1.165) is 19.8 Å². The summed E-state index contributed by atoms with van der Waals surface area (Å²) < 4.78 is 5.51. The second kappa shape index (κ2) is 5.48. The van der Waals surface area contributed by atoms with E-state index < -0.39 is 0 Å². The highest BCUT2D eigenvalue weighted by Gasteiger charge is 2.36. The lowest BCUT2D eigenvalue weighted by Gasteiger charge is -2.40. The van der Waals surface area contributed by atoms with E-state index in [4.69, 9.17) is 4.74 Å². The molecule has 94 valence electrons. The number of morpholine rings is 1. The van der Waals surface area contributed by atoms with Crippen molar-refractivity contribution in [1.82, 2.24) is 10.2 Å². The molecule has 2 rings (SSSR count). The fourth-order valence-electron chi connectivity index (χ4n) is 3.18. The van der Waals surface area contributed by atoms with Crippen molar-refractivity contribution in [3.63, 3.8) is 0 Å². The van der Waals surface area contributed by atoms with Crippen LogP contribution in [0.3, 0.4) is 0 Å². The van der Waals surface area contributed by atoms with Gasteiger partial charge in [0.25, 0.3) is 0 Å². The van der Waals surface area contributed by atoms with E-state index in [-0.39, 0.29) is 0 Å². The highest BCUT2D eigenvalue weighted by molar-refractivity contribution is 4.91. The minimum atomic E-state index is 0.542. The normalized spacial score (nSPS) is 36.8. The molecule has 0 aromatic rings. The van der Waals surface area contributed by atoms with Gasteiger partial charge >= 0.3 is 0 Å². The number of rotatable bonds is 4. The van der Waals surface area contributed by atoms with Crippen LogP contribution in [0.25, 0.3) is 0 Å². The minimum absolute atomic E-state index is 0.542. The van der Waals surface area contributed by atoms with E-state index in [1.54, 1.807) is 0 Å². The summed E-state index contributed by atoms with van der Waals surface area (Å²) in [6.45, 7) is 11.2. The van der Waals surface area contributed by atoms with Crippen LogP contribution in [0.5, 0.6) is 0 Å². The molecule has 2 aliphatic rings. The van der Waals surface area contributed by atoms with Gasteiger partial charge in [-0.1, -0.05) is 13.3 Å². The van der Waals surface area contributed by atoms with Crippen LogP contribution in [-0.2, 0) is 4.74 Å². The Kier molecular flexibility index (Phi) is 4.22. The Hall–Kier alpha value is -0.120. The van der Waals surface area contributed by atoms with Crippen molar-refractivity contribution in [2.45, 2.75) is 39.2 Å². The number of hydrogen-bond donors (Lipinski definition) is 1. The Morgan fingerprint density at radius 3 is 3.00 bits per heavy atom. The predicted octanol–water partition coefficient (Wildman–Crippen LogP) is 1.49. The smallest absolute Gasteiger partial charge is 0.0619 e. The van der Waals surface area contributed by atoms with Crippen molar-refractivity contribution in [3.8, 4) is 0 Å². The molecule has 2 saturated heterocycles. The van der Waals surface area contributed by atoms with E-state index in [1.165, 1.54) is 38.9 Å². The standard InChI is InChI=1S/C13H26N2O/c1-3-4-13(5-6-14-10-13)11-15-7-8-16-9-12(15)2/h12,14H,3-11H2,1-2H3. The molecule has 3 heteroatoms. The van der Waals surface area contributed by atoms with Gasteiger partial charge in [-0.05, 0) is 31.7 Å². The minimum Gasteiger partial charge on any atom is -0.379 e. The van der Waals surface area contributed by atoms with Crippen molar-refractivity contribution in [2.24, 2.45) is 5.41 Å². The zero-order chi connectivity index (χ0) is 11.4. The number of ether oxygens (including phenoxy) is 1. The van der Waals surface area contributed by atoms with Crippen LogP contribution in [0.1, 0.15) is 33.1 Å². The Balaban J connectivity index is 1.93. The van der Waals surface area contributed by atoms with Crippen LogP contribution in [0.2, 0.25) is 0 Å². The lowest BCUT2D eigenvalue weighted by atomic mass is 9.81. The maximum absolute atomic E-state index is 5.51. The molecule has 0 radical (unpaired) electrons. The second-order valence-electron chi connectivity index (χ2n) is 5.57. The van der Waals surface area contributed by atoms with Crippen LogP contribution in [0, 0.1) is 5.41 Å². The molecule has 0 bridgehead atoms. The number of nitrogens with one attached hydrogen (secondary N) is 1. The van der Waals surface area contributed by atoms with Crippen molar-refractivity contribution < 1.29 is 4.74 Å². The summed E-state index contributed by atoms with van der Waals surface area (Å²) in [5.41, 5.74) is 0.542. The molecule has 2 aliphatic heterocycles. The second-order valence-corrected chi connectivity index (χ2v) is 5.57. The van der Waals surface area contributed by atoms with Crippen molar-refractivity contribution in [3.05, 3.63) is 0 Å². The lowest BCUT2D eigenvalue weighted by Crippen LogP contribution is -2.49. The first-order valence-electron chi connectivity index (χ1n) is 6.78. The first-order valence-corrected chi connectivity index (χ1v) is 6.78. The summed E-state index contributed by atoms with van der Waals surface area (Å²) in [4.78, 5) is 2.63. The summed E-state index contributed by atoms with van der Waals surface area (Å²) in [7, 11) is 0. The van der Waals surface area contributed by atoms with Gasteiger partial charge in [0, 0.05) is 25.7 Å². The average molecular weight is 226 g/mol. The maximum Gasteiger partial charge on any atom is 0.0619 e. The van der Waals surface area contributed by atoms with Crippen LogP contribution in [0.15, 0.2) is 0 Å². The monoisotopic (exact) mass is 226 g/mol. The van der Waals surface area contributed by atoms with Gasteiger partial charge in [0.15, 0.2) is 0 Å². The Morgan fingerprint density at radius 2 is 2.38 bits per heavy atom. The molecular weight excluding hydrogens is 200 g/mol. The lowest BCUT2D eigenvalue weighted by molar-refractivity contribution is -0.0193. The Bertz CT molecular complexity index is 214. The molecule has 0 spiro atoms. The first-order chi connectivity index (χ1) is 7.76. The van der Waals surface area contributed by atoms with Gasteiger partial charge in [-0.2, -0.15) is 0 Å². The van der Waals surface area contributed by atoms with Crippen molar-refractivity contribution in [1.29, 1.82) is 0 Å².